The molecule has 184 valence electrons. The number of fused-ring (bicyclic) bond motifs is 1. The Morgan fingerprint density at radius 3 is 2.51 bits per heavy atom. The Kier molecular flexibility index (Phi) is 6.66. The first-order valence-corrected chi connectivity index (χ1v) is 11.7. The van der Waals surface area contributed by atoms with Gasteiger partial charge in [-0.15, -0.1) is 0 Å². The monoisotopic (exact) mass is 514 g/mol. The Labute approximate surface area is 216 Å². The molecule has 0 unspecified atom stereocenters. The van der Waals surface area contributed by atoms with Crippen molar-refractivity contribution in [2.75, 3.05) is 6.61 Å². The van der Waals surface area contributed by atoms with Crippen LogP contribution in [0.2, 0.25) is 5.02 Å². The van der Waals surface area contributed by atoms with Gasteiger partial charge in [0.1, 0.15) is 11.5 Å². The third kappa shape index (κ3) is 5.19. The van der Waals surface area contributed by atoms with Crippen molar-refractivity contribution in [3.05, 3.63) is 112 Å². The number of hydrogen-bond acceptors (Lipinski definition) is 5. The van der Waals surface area contributed by atoms with Crippen LogP contribution in [-0.4, -0.2) is 34.2 Å². The smallest absolute Gasteiger partial charge is 0.297 e. The molecule has 2 amide bonds. The van der Waals surface area contributed by atoms with E-state index in [0.717, 1.165) is 10.6 Å². The van der Waals surface area contributed by atoms with Crippen LogP contribution in [0.4, 0.5) is 4.39 Å². The fraction of sp³-hybridized carbons (Fsp3) is 0.0714. The van der Waals surface area contributed by atoms with Crippen molar-refractivity contribution in [1.82, 2.24) is 15.4 Å². The van der Waals surface area contributed by atoms with E-state index < -0.39 is 24.2 Å². The zero-order chi connectivity index (χ0) is 25.9. The predicted octanol–water partition coefficient (Wildman–Crippen LogP) is 5.08. The first-order valence-electron chi connectivity index (χ1n) is 11.3. The molecule has 3 aromatic carbocycles. The summed E-state index contributed by atoms with van der Waals surface area (Å²) in [5, 5.41) is 1.63. The number of hydrogen-bond donors (Lipinski definition) is 1. The van der Waals surface area contributed by atoms with Crippen molar-refractivity contribution in [2.24, 2.45) is 4.99 Å². The maximum absolute atomic E-state index is 13.8. The zero-order valence-corrected chi connectivity index (χ0v) is 20.4. The van der Waals surface area contributed by atoms with Gasteiger partial charge in [0, 0.05) is 17.0 Å². The Hall–Kier alpha value is -4.56. The van der Waals surface area contributed by atoms with Crippen molar-refractivity contribution < 1.29 is 18.7 Å². The molecule has 7 nitrogen and oxygen atoms in total. The van der Waals surface area contributed by atoms with Gasteiger partial charge in [-0.2, -0.15) is 5.01 Å². The fourth-order valence-corrected chi connectivity index (χ4v) is 4.00. The highest BCUT2D eigenvalue weighted by molar-refractivity contribution is 6.31. The highest BCUT2D eigenvalue weighted by Gasteiger charge is 2.32. The van der Waals surface area contributed by atoms with Gasteiger partial charge in [-0.3, -0.25) is 15.0 Å². The van der Waals surface area contributed by atoms with Crippen LogP contribution in [0.1, 0.15) is 16.7 Å². The molecule has 4 aromatic rings. The normalized spacial score (nSPS) is 14.2. The fourth-order valence-electron chi connectivity index (χ4n) is 3.84. The highest BCUT2D eigenvalue weighted by atomic mass is 35.5. The first-order chi connectivity index (χ1) is 17.9. The van der Waals surface area contributed by atoms with E-state index in [1.165, 1.54) is 12.1 Å². The third-order valence-corrected chi connectivity index (χ3v) is 5.91. The number of aryl methyl sites for hydroxylation is 1. The minimum Gasteiger partial charge on any atom is -0.467 e. The highest BCUT2D eigenvalue weighted by Crippen LogP contribution is 2.27. The molecular formula is C28H20ClFN4O3. The summed E-state index contributed by atoms with van der Waals surface area (Å²) in [5.41, 5.74) is 5.37. The van der Waals surface area contributed by atoms with Crippen LogP contribution in [0.15, 0.2) is 89.6 Å². The van der Waals surface area contributed by atoms with Crippen LogP contribution in [0.5, 0.6) is 5.88 Å². The van der Waals surface area contributed by atoms with E-state index in [4.69, 9.17) is 16.3 Å². The molecule has 0 atom stereocenters. The molecular weight excluding hydrogens is 495 g/mol. The van der Waals surface area contributed by atoms with Gasteiger partial charge in [-0.1, -0.05) is 72.3 Å². The predicted molar refractivity (Wildman–Crippen MR) is 139 cm³/mol. The van der Waals surface area contributed by atoms with Crippen molar-refractivity contribution >= 4 is 46.2 Å². The van der Waals surface area contributed by atoms with Crippen molar-refractivity contribution in [2.45, 2.75) is 6.92 Å². The molecule has 2 heterocycles. The van der Waals surface area contributed by atoms with E-state index >= 15 is 0 Å². The Bertz CT molecular complexity index is 1570. The van der Waals surface area contributed by atoms with Crippen LogP contribution in [-0.2, 0) is 9.59 Å². The summed E-state index contributed by atoms with van der Waals surface area (Å²) in [7, 11) is 0. The van der Waals surface area contributed by atoms with E-state index in [1.807, 2.05) is 48.5 Å². The lowest BCUT2D eigenvalue weighted by Crippen LogP contribution is -2.49. The van der Waals surface area contributed by atoms with Crippen LogP contribution < -0.4 is 10.2 Å². The number of halogens is 2. The number of rotatable bonds is 6. The summed E-state index contributed by atoms with van der Waals surface area (Å²) in [6.45, 7) is 1.35. The molecule has 0 fully saturated rings. The molecule has 0 aliphatic carbocycles. The number of hydrazine groups is 1. The minimum atomic E-state index is -0.588. The van der Waals surface area contributed by atoms with Gasteiger partial charge in [0.2, 0.25) is 5.88 Å². The van der Waals surface area contributed by atoms with E-state index in [2.05, 4.69) is 15.4 Å². The molecule has 1 N–H and O–H groups in total. The molecule has 1 aliphatic rings. The summed E-state index contributed by atoms with van der Waals surface area (Å²) in [6, 6.07) is 22.7. The van der Waals surface area contributed by atoms with Gasteiger partial charge in [-0.05, 0) is 36.3 Å². The first kappa shape index (κ1) is 24.1. The summed E-state index contributed by atoms with van der Waals surface area (Å²) in [4.78, 5) is 34.8. The van der Waals surface area contributed by atoms with Gasteiger partial charge in [-0.25, -0.2) is 14.4 Å². The molecule has 0 radical (unpaired) electrons. The van der Waals surface area contributed by atoms with Crippen LogP contribution >= 0.6 is 11.6 Å². The Morgan fingerprint density at radius 1 is 1.08 bits per heavy atom. The molecule has 0 bridgehead atoms. The molecule has 0 saturated heterocycles. The minimum absolute atomic E-state index is 0.0612. The number of aliphatic imine (C=N–C) groups is 1. The molecule has 0 spiro atoms. The summed E-state index contributed by atoms with van der Waals surface area (Å²) >= 11 is 5.88. The topological polar surface area (TPSA) is 83.9 Å². The number of carbonyl (C=O) groups is 2. The van der Waals surface area contributed by atoms with Gasteiger partial charge in [0.25, 0.3) is 11.8 Å². The number of nitrogens with one attached hydrogen (secondary N) is 1. The van der Waals surface area contributed by atoms with Crippen molar-refractivity contribution in [3.8, 4) is 5.88 Å². The van der Waals surface area contributed by atoms with E-state index in [1.54, 1.807) is 31.2 Å². The number of ether oxygens (including phenoxy) is 1. The second-order valence-electron chi connectivity index (χ2n) is 8.27. The second-order valence-corrected chi connectivity index (χ2v) is 8.67. The quantitative estimate of drug-likeness (QED) is 0.364. The molecule has 5 rings (SSSR count). The van der Waals surface area contributed by atoms with E-state index in [0.29, 0.717) is 22.0 Å². The lowest BCUT2D eigenvalue weighted by atomic mass is 10.1. The largest absolute Gasteiger partial charge is 0.467 e. The van der Waals surface area contributed by atoms with Crippen molar-refractivity contribution in [3.63, 3.8) is 0 Å². The van der Waals surface area contributed by atoms with Crippen LogP contribution in [0.3, 0.4) is 0 Å². The van der Waals surface area contributed by atoms with E-state index in [9.17, 15) is 14.0 Å². The number of benzene rings is 3. The van der Waals surface area contributed by atoms with Gasteiger partial charge in [0.15, 0.2) is 12.4 Å². The van der Waals surface area contributed by atoms with Crippen molar-refractivity contribution in [1.29, 1.82) is 0 Å². The van der Waals surface area contributed by atoms with Crippen LogP contribution in [0, 0.1) is 12.7 Å². The number of aromatic nitrogens is 1. The second kappa shape index (κ2) is 10.2. The maximum Gasteiger partial charge on any atom is 0.297 e. The van der Waals surface area contributed by atoms with E-state index in [-0.39, 0.29) is 22.4 Å². The number of pyridine rings is 1. The summed E-state index contributed by atoms with van der Waals surface area (Å²) in [6.07, 6.45) is 1.66. The SMILES string of the molecule is Cc1cc(OCC(=O)NN2C(=O)C(=Cc3ccccc3)N=C2c2ccccc2)nc2cc(Cl)c(F)cc12. The Balaban J connectivity index is 1.35. The third-order valence-electron chi connectivity index (χ3n) is 5.62. The molecule has 1 aromatic heterocycles. The van der Waals surface area contributed by atoms with Crippen LogP contribution in [0.25, 0.3) is 17.0 Å². The number of carbonyl (C=O) groups excluding carboxylic acids is 2. The number of nitrogens with zero attached hydrogens (tertiary/aromatic N) is 3. The van der Waals surface area contributed by atoms with Gasteiger partial charge >= 0.3 is 0 Å². The molecule has 37 heavy (non-hydrogen) atoms. The average Bonchev–Trinajstić information content (AvgIpc) is 3.20. The standard InChI is InChI=1S/C28H20ClFN4O3/c1-17-12-26(31-23-15-21(29)22(30)14-20(17)23)37-16-25(35)33-34-27(19-10-6-3-7-11-19)32-24(28(34)36)13-18-8-4-2-5-9-18/h2-15H,16H2,1H3,(H,33,35). The molecule has 0 saturated carbocycles. The average molecular weight is 515 g/mol. The number of amides is 2. The molecule has 1 aliphatic heterocycles. The summed E-state index contributed by atoms with van der Waals surface area (Å²) < 4.78 is 19.4. The van der Waals surface area contributed by atoms with Gasteiger partial charge in [0.05, 0.1) is 10.5 Å². The lowest BCUT2D eigenvalue weighted by Gasteiger charge is -2.19. The zero-order valence-electron chi connectivity index (χ0n) is 19.6. The lowest BCUT2D eigenvalue weighted by molar-refractivity contribution is -0.134. The maximum atomic E-state index is 13.8. The Morgan fingerprint density at radius 2 is 1.78 bits per heavy atom. The summed E-state index contributed by atoms with van der Waals surface area (Å²) in [5.74, 6) is -1.16. The van der Waals surface area contributed by atoms with Gasteiger partial charge < -0.3 is 4.74 Å². The number of amidine groups is 1. The molecule has 9 heteroatoms.